The molecule has 2 rings (SSSR count). The van der Waals surface area contributed by atoms with E-state index in [0.717, 1.165) is 34.9 Å². The van der Waals surface area contributed by atoms with E-state index in [1.165, 1.54) is 0 Å². The second-order valence-corrected chi connectivity index (χ2v) is 4.36. The monoisotopic (exact) mass is 233 g/mol. The number of aromatic nitrogens is 2. The Hall–Kier alpha value is -1.42. The van der Waals surface area contributed by atoms with Crippen molar-refractivity contribution in [1.82, 2.24) is 9.97 Å². The van der Waals surface area contributed by atoms with Crippen LogP contribution in [0.3, 0.4) is 0 Å². The molecule has 0 unspecified atom stereocenters. The summed E-state index contributed by atoms with van der Waals surface area (Å²) in [5.74, 6) is 1.74. The Morgan fingerprint density at radius 1 is 1.38 bits per heavy atom. The molecule has 0 aliphatic heterocycles. The van der Waals surface area contributed by atoms with E-state index in [1.54, 1.807) is 11.3 Å². The molecule has 2 heterocycles. The zero-order chi connectivity index (χ0) is 11.5. The summed E-state index contributed by atoms with van der Waals surface area (Å²) in [5.41, 5.74) is 3.35. The first-order valence-corrected chi connectivity index (χ1v) is 6.28. The summed E-state index contributed by atoms with van der Waals surface area (Å²) in [6.07, 6.45) is 0.931. The third-order valence-electron chi connectivity index (χ3n) is 2.60. The van der Waals surface area contributed by atoms with Crippen LogP contribution in [0.2, 0.25) is 0 Å². The van der Waals surface area contributed by atoms with Crippen molar-refractivity contribution in [2.24, 2.45) is 0 Å². The van der Waals surface area contributed by atoms with E-state index >= 15 is 0 Å². The summed E-state index contributed by atoms with van der Waals surface area (Å²) in [6, 6.07) is 2.05. The SMILES string of the molecule is CCc1nc(-c2ccsc2)nc(NC)c1C. The van der Waals surface area contributed by atoms with Gasteiger partial charge < -0.3 is 5.32 Å². The maximum absolute atomic E-state index is 4.60. The highest BCUT2D eigenvalue weighted by Gasteiger charge is 2.10. The van der Waals surface area contributed by atoms with E-state index < -0.39 is 0 Å². The van der Waals surface area contributed by atoms with Crippen LogP contribution >= 0.6 is 11.3 Å². The minimum atomic E-state index is 0.813. The van der Waals surface area contributed by atoms with Gasteiger partial charge >= 0.3 is 0 Å². The lowest BCUT2D eigenvalue weighted by Gasteiger charge is -2.10. The normalized spacial score (nSPS) is 10.4. The zero-order valence-corrected chi connectivity index (χ0v) is 10.6. The van der Waals surface area contributed by atoms with Crippen molar-refractivity contribution in [3.63, 3.8) is 0 Å². The molecule has 0 aromatic carbocycles. The van der Waals surface area contributed by atoms with Crippen molar-refractivity contribution in [3.05, 3.63) is 28.1 Å². The summed E-state index contributed by atoms with van der Waals surface area (Å²) >= 11 is 1.67. The van der Waals surface area contributed by atoms with Gasteiger partial charge in [0.05, 0.1) is 0 Å². The van der Waals surface area contributed by atoms with Crippen LogP contribution in [-0.2, 0) is 6.42 Å². The Bertz CT molecular complexity index is 452. The molecule has 0 aliphatic rings. The highest BCUT2D eigenvalue weighted by Crippen LogP contribution is 2.23. The van der Waals surface area contributed by atoms with Crippen LogP contribution in [0.25, 0.3) is 11.4 Å². The number of thiophene rings is 1. The summed E-state index contributed by atoms with van der Waals surface area (Å²) in [7, 11) is 1.90. The number of anilines is 1. The van der Waals surface area contributed by atoms with Gasteiger partial charge in [0.15, 0.2) is 5.82 Å². The van der Waals surface area contributed by atoms with Crippen molar-refractivity contribution in [2.45, 2.75) is 20.3 Å². The summed E-state index contributed by atoms with van der Waals surface area (Å²) in [6.45, 7) is 4.17. The number of nitrogens with zero attached hydrogens (tertiary/aromatic N) is 2. The standard InChI is InChI=1S/C12H15N3S/c1-4-10-8(2)11(13-3)15-12(14-10)9-5-6-16-7-9/h5-7H,4H2,1-3H3,(H,13,14,15). The molecule has 0 radical (unpaired) electrons. The Labute approximate surface area is 99.6 Å². The van der Waals surface area contributed by atoms with E-state index in [4.69, 9.17) is 0 Å². The lowest BCUT2D eigenvalue weighted by Crippen LogP contribution is -2.04. The van der Waals surface area contributed by atoms with E-state index in [-0.39, 0.29) is 0 Å². The van der Waals surface area contributed by atoms with E-state index in [1.807, 2.05) is 18.5 Å². The molecule has 2 aromatic rings. The molecular weight excluding hydrogens is 218 g/mol. The Kier molecular flexibility index (Phi) is 3.19. The molecule has 0 saturated carbocycles. The van der Waals surface area contributed by atoms with Crippen molar-refractivity contribution in [3.8, 4) is 11.4 Å². The summed E-state index contributed by atoms with van der Waals surface area (Å²) < 4.78 is 0. The van der Waals surface area contributed by atoms with Crippen molar-refractivity contribution in [2.75, 3.05) is 12.4 Å². The average Bonchev–Trinajstić information content (AvgIpc) is 2.83. The molecule has 1 N–H and O–H groups in total. The fourth-order valence-corrected chi connectivity index (χ4v) is 2.31. The Balaban J connectivity index is 2.56. The highest BCUT2D eigenvalue weighted by molar-refractivity contribution is 7.08. The van der Waals surface area contributed by atoms with Crippen LogP contribution in [0.4, 0.5) is 5.82 Å². The Morgan fingerprint density at radius 3 is 2.75 bits per heavy atom. The van der Waals surface area contributed by atoms with Gasteiger partial charge in [-0.2, -0.15) is 11.3 Å². The molecule has 16 heavy (non-hydrogen) atoms. The van der Waals surface area contributed by atoms with Gasteiger partial charge in [0.25, 0.3) is 0 Å². The predicted molar refractivity (Wildman–Crippen MR) is 69.0 cm³/mol. The zero-order valence-electron chi connectivity index (χ0n) is 9.74. The molecule has 0 bridgehead atoms. The molecule has 3 nitrogen and oxygen atoms in total. The van der Waals surface area contributed by atoms with E-state index in [0.29, 0.717) is 0 Å². The molecule has 0 saturated heterocycles. The molecule has 0 atom stereocenters. The molecule has 0 amide bonds. The second kappa shape index (κ2) is 4.61. The average molecular weight is 233 g/mol. The van der Waals surface area contributed by atoms with Crippen LogP contribution in [0.1, 0.15) is 18.2 Å². The number of hydrogen-bond acceptors (Lipinski definition) is 4. The maximum atomic E-state index is 4.60. The highest BCUT2D eigenvalue weighted by atomic mass is 32.1. The maximum Gasteiger partial charge on any atom is 0.162 e. The molecular formula is C12H15N3S. The van der Waals surface area contributed by atoms with Crippen LogP contribution in [0, 0.1) is 6.92 Å². The van der Waals surface area contributed by atoms with Crippen LogP contribution < -0.4 is 5.32 Å². The van der Waals surface area contributed by atoms with Crippen molar-refractivity contribution in [1.29, 1.82) is 0 Å². The van der Waals surface area contributed by atoms with Gasteiger partial charge in [-0.3, -0.25) is 0 Å². The lowest BCUT2D eigenvalue weighted by molar-refractivity contribution is 0.978. The minimum absolute atomic E-state index is 0.813. The summed E-state index contributed by atoms with van der Waals surface area (Å²) in [4.78, 5) is 9.12. The topological polar surface area (TPSA) is 37.8 Å². The molecule has 0 aliphatic carbocycles. The van der Waals surface area contributed by atoms with Gasteiger partial charge in [0.2, 0.25) is 0 Å². The van der Waals surface area contributed by atoms with Crippen LogP contribution in [0.15, 0.2) is 16.8 Å². The smallest absolute Gasteiger partial charge is 0.162 e. The van der Waals surface area contributed by atoms with Gasteiger partial charge in [0, 0.05) is 29.2 Å². The molecule has 0 spiro atoms. The largest absolute Gasteiger partial charge is 0.373 e. The molecule has 84 valence electrons. The second-order valence-electron chi connectivity index (χ2n) is 3.58. The van der Waals surface area contributed by atoms with Crippen molar-refractivity contribution < 1.29 is 0 Å². The molecule has 4 heteroatoms. The van der Waals surface area contributed by atoms with Crippen LogP contribution in [0.5, 0.6) is 0 Å². The van der Waals surface area contributed by atoms with E-state index in [2.05, 4.69) is 34.5 Å². The molecule has 2 aromatic heterocycles. The van der Waals surface area contributed by atoms with Crippen molar-refractivity contribution >= 4 is 17.2 Å². The third kappa shape index (κ3) is 1.93. The minimum Gasteiger partial charge on any atom is -0.373 e. The Morgan fingerprint density at radius 2 is 2.19 bits per heavy atom. The quantitative estimate of drug-likeness (QED) is 0.885. The van der Waals surface area contributed by atoms with Gasteiger partial charge in [-0.05, 0) is 24.8 Å². The molecule has 0 fully saturated rings. The first-order chi connectivity index (χ1) is 7.76. The number of hydrogen-bond donors (Lipinski definition) is 1. The predicted octanol–water partition coefficient (Wildman–Crippen LogP) is 3.12. The lowest BCUT2D eigenvalue weighted by atomic mass is 10.2. The number of aryl methyl sites for hydroxylation is 1. The number of nitrogens with one attached hydrogen (secondary N) is 1. The van der Waals surface area contributed by atoms with E-state index in [9.17, 15) is 0 Å². The summed E-state index contributed by atoms with van der Waals surface area (Å²) in [5, 5.41) is 7.24. The van der Waals surface area contributed by atoms with Gasteiger partial charge in [-0.15, -0.1) is 0 Å². The number of rotatable bonds is 3. The third-order valence-corrected chi connectivity index (χ3v) is 3.28. The van der Waals surface area contributed by atoms with Gasteiger partial charge in [0.1, 0.15) is 5.82 Å². The fourth-order valence-electron chi connectivity index (χ4n) is 1.67. The first-order valence-electron chi connectivity index (χ1n) is 5.34. The van der Waals surface area contributed by atoms with Gasteiger partial charge in [-0.1, -0.05) is 6.92 Å². The van der Waals surface area contributed by atoms with Gasteiger partial charge in [-0.25, -0.2) is 9.97 Å². The fraction of sp³-hybridized carbons (Fsp3) is 0.333. The first kappa shape index (κ1) is 11.1. The van der Waals surface area contributed by atoms with Crippen LogP contribution in [-0.4, -0.2) is 17.0 Å².